The molecular formula is C15H21NO4S. The number of carbonyl (C=O) groups is 1. The van der Waals surface area contributed by atoms with E-state index in [9.17, 15) is 13.2 Å². The van der Waals surface area contributed by atoms with Crippen LogP contribution in [0.5, 0.6) is 0 Å². The molecule has 6 heteroatoms. The van der Waals surface area contributed by atoms with Gasteiger partial charge in [-0.05, 0) is 44.9 Å². The SMILES string of the molecule is CC(NS(=O)(=O)C(C)(C)C)c1cccc(C=CC(=O)O)c1. The van der Waals surface area contributed by atoms with Crippen LogP contribution >= 0.6 is 0 Å². The number of benzene rings is 1. The summed E-state index contributed by atoms with van der Waals surface area (Å²) < 4.78 is 26.0. The molecule has 5 nitrogen and oxygen atoms in total. The predicted octanol–water partition coefficient (Wildman–Crippen LogP) is 2.56. The third-order valence-corrected chi connectivity index (χ3v) is 5.24. The minimum atomic E-state index is -3.45. The van der Waals surface area contributed by atoms with E-state index in [1.807, 2.05) is 0 Å². The van der Waals surface area contributed by atoms with E-state index < -0.39 is 26.8 Å². The Bertz CT molecular complexity index is 642. The zero-order valence-corrected chi connectivity index (χ0v) is 13.4. The van der Waals surface area contributed by atoms with Gasteiger partial charge >= 0.3 is 5.97 Å². The van der Waals surface area contributed by atoms with Crippen LogP contribution in [0.3, 0.4) is 0 Å². The smallest absolute Gasteiger partial charge is 0.328 e. The molecular weight excluding hydrogens is 290 g/mol. The lowest BCUT2D eigenvalue weighted by Gasteiger charge is -2.23. The van der Waals surface area contributed by atoms with E-state index in [4.69, 9.17) is 5.11 Å². The third kappa shape index (κ3) is 4.99. The normalized spacial score (nSPS) is 14.3. The van der Waals surface area contributed by atoms with Crippen molar-refractivity contribution in [2.45, 2.75) is 38.5 Å². The Morgan fingerprint density at radius 3 is 2.48 bits per heavy atom. The maximum absolute atomic E-state index is 12.1. The second-order valence-corrected chi connectivity index (χ2v) is 8.26. The van der Waals surface area contributed by atoms with Crippen LogP contribution in [0.4, 0.5) is 0 Å². The van der Waals surface area contributed by atoms with E-state index in [1.165, 1.54) is 6.08 Å². The Morgan fingerprint density at radius 1 is 1.33 bits per heavy atom. The summed E-state index contributed by atoms with van der Waals surface area (Å²) >= 11 is 0. The average Bonchev–Trinajstić information content (AvgIpc) is 2.35. The van der Waals surface area contributed by atoms with E-state index in [1.54, 1.807) is 52.0 Å². The summed E-state index contributed by atoms with van der Waals surface area (Å²) in [6.45, 7) is 6.65. The second-order valence-electron chi connectivity index (χ2n) is 5.80. The highest BCUT2D eigenvalue weighted by atomic mass is 32.2. The van der Waals surface area contributed by atoms with Gasteiger partial charge in [-0.1, -0.05) is 24.3 Å². The molecule has 1 rings (SSSR count). The Balaban J connectivity index is 2.96. The number of rotatable bonds is 5. The van der Waals surface area contributed by atoms with Crippen LogP contribution in [0, 0.1) is 0 Å². The van der Waals surface area contributed by atoms with Gasteiger partial charge in [-0.2, -0.15) is 0 Å². The highest BCUT2D eigenvalue weighted by Gasteiger charge is 2.30. The predicted molar refractivity (Wildman–Crippen MR) is 83.3 cm³/mol. The standard InChI is InChI=1S/C15H21NO4S/c1-11(16-21(19,20)15(2,3)4)13-7-5-6-12(10-13)8-9-14(17)18/h5-11,16H,1-4H3,(H,17,18). The van der Waals surface area contributed by atoms with Crippen LogP contribution in [-0.2, 0) is 14.8 Å². The molecule has 0 aliphatic heterocycles. The number of hydrogen-bond donors (Lipinski definition) is 2. The molecule has 1 unspecified atom stereocenters. The molecule has 0 spiro atoms. The first kappa shape index (κ1) is 17.4. The van der Waals surface area contributed by atoms with E-state index >= 15 is 0 Å². The van der Waals surface area contributed by atoms with Crippen molar-refractivity contribution in [1.29, 1.82) is 0 Å². The van der Waals surface area contributed by atoms with E-state index in [2.05, 4.69) is 4.72 Å². The van der Waals surface area contributed by atoms with Gasteiger partial charge in [0, 0.05) is 12.1 Å². The van der Waals surface area contributed by atoms with Gasteiger partial charge in [-0.25, -0.2) is 17.9 Å². The van der Waals surface area contributed by atoms with E-state index in [0.29, 0.717) is 5.56 Å². The van der Waals surface area contributed by atoms with E-state index in [0.717, 1.165) is 11.6 Å². The molecule has 1 aromatic rings. The fourth-order valence-corrected chi connectivity index (χ4v) is 2.53. The molecule has 0 aliphatic rings. The molecule has 0 aromatic heterocycles. The molecule has 0 heterocycles. The summed E-state index contributed by atoms with van der Waals surface area (Å²) in [5, 5.41) is 8.62. The van der Waals surface area contributed by atoms with Crippen LogP contribution in [0.15, 0.2) is 30.3 Å². The minimum absolute atomic E-state index is 0.396. The Labute approximate surface area is 125 Å². The molecule has 1 aromatic carbocycles. The van der Waals surface area contributed by atoms with Gasteiger partial charge in [0.1, 0.15) is 0 Å². The molecule has 0 saturated carbocycles. The zero-order chi connectivity index (χ0) is 16.3. The van der Waals surface area contributed by atoms with E-state index in [-0.39, 0.29) is 0 Å². The molecule has 0 bridgehead atoms. The first-order valence-corrected chi connectivity index (χ1v) is 8.04. The number of nitrogens with one attached hydrogen (secondary N) is 1. The number of sulfonamides is 1. The maximum atomic E-state index is 12.1. The van der Waals surface area contributed by atoms with Crippen LogP contribution in [0.25, 0.3) is 6.08 Å². The lowest BCUT2D eigenvalue weighted by molar-refractivity contribution is -0.131. The number of aliphatic carboxylic acids is 1. The fraction of sp³-hybridized carbons (Fsp3) is 0.400. The van der Waals surface area contributed by atoms with Crippen molar-refractivity contribution in [2.75, 3.05) is 0 Å². The first-order chi connectivity index (χ1) is 9.53. The number of hydrogen-bond acceptors (Lipinski definition) is 3. The van der Waals surface area contributed by atoms with Crippen molar-refractivity contribution in [3.05, 3.63) is 41.5 Å². The Hall–Kier alpha value is -1.66. The van der Waals surface area contributed by atoms with Crippen molar-refractivity contribution in [1.82, 2.24) is 4.72 Å². The summed E-state index contributed by atoms with van der Waals surface area (Å²) in [6, 6.07) is 6.68. The topological polar surface area (TPSA) is 83.5 Å². The van der Waals surface area contributed by atoms with Crippen LogP contribution < -0.4 is 4.72 Å². The van der Waals surface area contributed by atoms with Crippen LogP contribution in [-0.4, -0.2) is 24.2 Å². The Morgan fingerprint density at radius 2 is 1.95 bits per heavy atom. The van der Waals surface area contributed by atoms with Gasteiger partial charge < -0.3 is 5.11 Å². The molecule has 0 amide bonds. The lowest BCUT2D eigenvalue weighted by Crippen LogP contribution is -2.40. The molecule has 2 N–H and O–H groups in total. The highest BCUT2D eigenvalue weighted by molar-refractivity contribution is 7.90. The van der Waals surface area contributed by atoms with Gasteiger partial charge in [0.05, 0.1) is 4.75 Å². The first-order valence-electron chi connectivity index (χ1n) is 6.56. The van der Waals surface area contributed by atoms with Crippen LogP contribution in [0.2, 0.25) is 0 Å². The largest absolute Gasteiger partial charge is 0.478 e. The summed E-state index contributed by atoms with van der Waals surface area (Å²) in [6.07, 6.45) is 2.51. The zero-order valence-electron chi connectivity index (χ0n) is 12.6. The van der Waals surface area contributed by atoms with Gasteiger partial charge in [0.15, 0.2) is 0 Å². The number of carboxylic acid groups (broad SMARTS) is 1. The third-order valence-electron chi connectivity index (χ3n) is 2.97. The monoisotopic (exact) mass is 311 g/mol. The quantitative estimate of drug-likeness (QED) is 0.819. The molecule has 116 valence electrons. The van der Waals surface area contributed by atoms with Gasteiger partial charge in [0.25, 0.3) is 0 Å². The summed E-state index contributed by atoms with van der Waals surface area (Å²) in [7, 11) is -3.45. The maximum Gasteiger partial charge on any atom is 0.328 e. The average molecular weight is 311 g/mol. The van der Waals surface area contributed by atoms with Crippen molar-refractivity contribution in [3.8, 4) is 0 Å². The van der Waals surface area contributed by atoms with Crippen molar-refractivity contribution < 1.29 is 18.3 Å². The summed E-state index contributed by atoms with van der Waals surface area (Å²) in [5.41, 5.74) is 1.48. The molecule has 21 heavy (non-hydrogen) atoms. The van der Waals surface area contributed by atoms with Gasteiger partial charge in [-0.3, -0.25) is 0 Å². The number of carboxylic acids is 1. The molecule has 0 fully saturated rings. The van der Waals surface area contributed by atoms with Crippen molar-refractivity contribution >= 4 is 22.1 Å². The van der Waals surface area contributed by atoms with Crippen LogP contribution in [0.1, 0.15) is 44.9 Å². The molecule has 1 atom stereocenters. The van der Waals surface area contributed by atoms with Gasteiger partial charge in [0.2, 0.25) is 10.0 Å². The second kappa shape index (κ2) is 6.41. The highest BCUT2D eigenvalue weighted by Crippen LogP contribution is 2.20. The molecule has 0 aliphatic carbocycles. The summed E-state index contributed by atoms with van der Waals surface area (Å²) in [5.74, 6) is -1.03. The molecule has 0 radical (unpaired) electrons. The molecule has 0 saturated heterocycles. The van der Waals surface area contributed by atoms with Gasteiger partial charge in [-0.15, -0.1) is 0 Å². The Kier molecular flexibility index (Phi) is 5.31. The lowest BCUT2D eigenvalue weighted by atomic mass is 10.1. The minimum Gasteiger partial charge on any atom is -0.478 e. The van der Waals surface area contributed by atoms with Crippen molar-refractivity contribution in [3.63, 3.8) is 0 Å². The fourth-order valence-electron chi connectivity index (χ4n) is 1.58. The van der Waals surface area contributed by atoms with Crippen molar-refractivity contribution in [2.24, 2.45) is 0 Å². The summed E-state index contributed by atoms with van der Waals surface area (Å²) in [4.78, 5) is 10.5.